The quantitative estimate of drug-likeness (QED) is 0.442. The molecule has 4 rings (SSSR count). The summed E-state index contributed by atoms with van der Waals surface area (Å²) in [4.78, 5) is 23.8. The Labute approximate surface area is 171 Å². The molecule has 8 heteroatoms. The Hall–Kier alpha value is -3.15. The van der Waals surface area contributed by atoms with Gasteiger partial charge in [0.2, 0.25) is 0 Å². The van der Waals surface area contributed by atoms with Crippen LogP contribution in [0.5, 0.6) is 0 Å². The molecular formula is C20H10BrFN4OS. The number of hydrogen-bond acceptors (Lipinski definition) is 5. The third-order valence-corrected chi connectivity index (χ3v) is 5.35. The van der Waals surface area contributed by atoms with Crippen molar-refractivity contribution in [3.63, 3.8) is 0 Å². The number of H-pyrrole nitrogens is 1. The van der Waals surface area contributed by atoms with E-state index in [1.54, 1.807) is 41.8 Å². The number of halogens is 2. The zero-order valence-corrected chi connectivity index (χ0v) is 16.5. The third-order valence-electron chi connectivity index (χ3n) is 3.95. The number of nitrogens with one attached hydrogen (secondary N) is 1. The van der Waals surface area contributed by atoms with Crippen LogP contribution in [0.4, 0.5) is 4.39 Å². The molecule has 0 saturated carbocycles. The molecule has 0 amide bonds. The molecule has 0 spiro atoms. The highest BCUT2D eigenvalue weighted by molar-refractivity contribution is 9.10. The zero-order chi connectivity index (χ0) is 19.7. The van der Waals surface area contributed by atoms with Crippen molar-refractivity contribution in [3.8, 4) is 16.6 Å². The predicted molar refractivity (Wildman–Crippen MR) is 111 cm³/mol. The highest BCUT2D eigenvalue weighted by atomic mass is 79.9. The fourth-order valence-electron chi connectivity index (χ4n) is 2.62. The molecule has 28 heavy (non-hydrogen) atoms. The maximum atomic E-state index is 13.1. The van der Waals surface area contributed by atoms with E-state index in [2.05, 4.69) is 37.0 Å². The molecule has 0 bridgehead atoms. The number of thiazole rings is 1. The van der Waals surface area contributed by atoms with Gasteiger partial charge in [0.05, 0.1) is 22.2 Å². The van der Waals surface area contributed by atoms with E-state index in [1.807, 2.05) is 0 Å². The minimum absolute atomic E-state index is 0.179. The summed E-state index contributed by atoms with van der Waals surface area (Å²) < 4.78 is 13.8. The Morgan fingerprint density at radius 3 is 2.75 bits per heavy atom. The van der Waals surface area contributed by atoms with E-state index in [0.717, 1.165) is 10.0 Å². The molecule has 1 N–H and O–H groups in total. The molecule has 0 saturated heterocycles. The first-order valence-electron chi connectivity index (χ1n) is 8.07. The van der Waals surface area contributed by atoms with Crippen LogP contribution in [-0.2, 0) is 0 Å². The third kappa shape index (κ3) is 3.63. The molecule has 2 aromatic carbocycles. The van der Waals surface area contributed by atoms with Gasteiger partial charge in [-0.25, -0.2) is 14.4 Å². The monoisotopic (exact) mass is 452 g/mol. The molecule has 5 nitrogen and oxygen atoms in total. The Balaban J connectivity index is 1.73. The summed E-state index contributed by atoms with van der Waals surface area (Å²) >= 11 is 4.70. The normalized spacial score (nSPS) is 11.5. The molecule has 2 heterocycles. The number of aromatic nitrogens is 3. The van der Waals surface area contributed by atoms with Gasteiger partial charge >= 0.3 is 0 Å². The highest BCUT2D eigenvalue weighted by Gasteiger charge is 2.10. The largest absolute Gasteiger partial charge is 0.305 e. The number of fused-ring (bicyclic) bond motifs is 1. The van der Waals surface area contributed by atoms with Crippen LogP contribution < -0.4 is 5.56 Å². The van der Waals surface area contributed by atoms with Crippen molar-refractivity contribution in [2.45, 2.75) is 0 Å². The molecular weight excluding hydrogens is 443 g/mol. The average Bonchev–Trinajstić information content (AvgIpc) is 3.15. The SMILES string of the molecule is N#C/C(=C\c1csc(-c2ccc(F)cc2)n1)c1nc2ccc(Br)cc2c(=O)[nH]1. The van der Waals surface area contributed by atoms with E-state index in [1.165, 1.54) is 23.5 Å². The highest BCUT2D eigenvalue weighted by Crippen LogP contribution is 2.26. The summed E-state index contributed by atoms with van der Waals surface area (Å²) in [5, 5.41) is 12.5. The first-order valence-corrected chi connectivity index (χ1v) is 9.74. The molecule has 2 aromatic heterocycles. The Kier molecular flexibility index (Phi) is 4.86. The van der Waals surface area contributed by atoms with Crippen molar-refractivity contribution in [1.82, 2.24) is 15.0 Å². The van der Waals surface area contributed by atoms with Crippen LogP contribution in [0.2, 0.25) is 0 Å². The summed E-state index contributed by atoms with van der Waals surface area (Å²) in [7, 11) is 0. The number of benzene rings is 2. The summed E-state index contributed by atoms with van der Waals surface area (Å²) in [6, 6.07) is 13.3. The van der Waals surface area contributed by atoms with Gasteiger partial charge < -0.3 is 4.98 Å². The van der Waals surface area contributed by atoms with Gasteiger partial charge in [0.1, 0.15) is 16.9 Å². The molecule has 0 fully saturated rings. The van der Waals surface area contributed by atoms with Gasteiger partial charge in [-0.2, -0.15) is 5.26 Å². The molecule has 0 aliphatic carbocycles. The van der Waals surface area contributed by atoms with Crippen molar-refractivity contribution in [2.24, 2.45) is 0 Å². The second kappa shape index (κ2) is 7.46. The lowest BCUT2D eigenvalue weighted by molar-refractivity contribution is 0.628. The molecule has 0 aliphatic heterocycles. The van der Waals surface area contributed by atoms with E-state index in [0.29, 0.717) is 21.6 Å². The second-order valence-corrected chi connectivity index (χ2v) is 7.60. The van der Waals surface area contributed by atoms with Crippen molar-refractivity contribution < 1.29 is 4.39 Å². The standard InChI is InChI=1S/C20H10BrFN4OS/c21-13-3-6-17-16(8-13)19(27)26-18(25-17)12(9-23)7-15-10-28-20(24-15)11-1-4-14(22)5-2-11/h1-8,10H,(H,25,26,27)/b12-7+. The van der Waals surface area contributed by atoms with Crippen LogP contribution in [0.1, 0.15) is 11.5 Å². The fourth-order valence-corrected chi connectivity index (χ4v) is 3.76. The summed E-state index contributed by atoms with van der Waals surface area (Å²) in [6.45, 7) is 0. The van der Waals surface area contributed by atoms with E-state index >= 15 is 0 Å². The van der Waals surface area contributed by atoms with Gasteiger partial charge in [0.25, 0.3) is 5.56 Å². The van der Waals surface area contributed by atoms with Gasteiger partial charge in [-0.3, -0.25) is 4.79 Å². The van der Waals surface area contributed by atoms with E-state index < -0.39 is 0 Å². The second-order valence-electron chi connectivity index (χ2n) is 5.83. The van der Waals surface area contributed by atoms with E-state index in [4.69, 9.17) is 0 Å². The van der Waals surface area contributed by atoms with Gasteiger partial charge in [-0.1, -0.05) is 15.9 Å². The number of aromatic amines is 1. The molecule has 0 radical (unpaired) electrons. The Morgan fingerprint density at radius 2 is 2.00 bits per heavy atom. The zero-order valence-electron chi connectivity index (χ0n) is 14.1. The lowest BCUT2D eigenvalue weighted by Gasteiger charge is -2.02. The smallest absolute Gasteiger partial charge is 0.259 e. The van der Waals surface area contributed by atoms with E-state index in [-0.39, 0.29) is 22.8 Å². The molecule has 0 atom stereocenters. The number of hydrogen-bond donors (Lipinski definition) is 1. The van der Waals surface area contributed by atoms with Gasteiger partial charge in [-0.05, 0) is 48.5 Å². The fraction of sp³-hybridized carbons (Fsp3) is 0. The average molecular weight is 453 g/mol. The Morgan fingerprint density at radius 1 is 1.21 bits per heavy atom. The van der Waals surface area contributed by atoms with Gasteiger partial charge in [-0.15, -0.1) is 11.3 Å². The summed E-state index contributed by atoms with van der Waals surface area (Å²) in [6.07, 6.45) is 1.56. The number of allylic oxidation sites excluding steroid dienone is 1. The van der Waals surface area contributed by atoms with Crippen LogP contribution in [0, 0.1) is 17.1 Å². The molecule has 0 unspecified atom stereocenters. The van der Waals surface area contributed by atoms with Gasteiger partial charge in [0, 0.05) is 15.4 Å². The van der Waals surface area contributed by atoms with E-state index in [9.17, 15) is 14.4 Å². The lowest BCUT2D eigenvalue weighted by atomic mass is 10.2. The van der Waals surface area contributed by atoms with Crippen molar-refractivity contribution in [1.29, 1.82) is 5.26 Å². The van der Waals surface area contributed by atoms with Gasteiger partial charge in [0.15, 0.2) is 5.82 Å². The van der Waals surface area contributed by atoms with Crippen molar-refractivity contribution >= 4 is 49.8 Å². The topological polar surface area (TPSA) is 82.4 Å². The lowest BCUT2D eigenvalue weighted by Crippen LogP contribution is -2.11. The van der Waals surface area contributed by atoms with Crippen LogP contribution >= 0.6 is 27.3 Å². The van der Waals surface area contributed by atoms with Crippen LogP contribution in [-0.4, -0.2) is 15.0 Å². The first-order chi connectivity index (χ1) is 13.5. The maximum absolute atomic E-state index is 13.1. The summed E-state index contributed by atoms with van der Waals surface area (Å²) in [5.74, 6) is -0.135. The minimum atomic E-state index is -0.326. The summed E-state index contributed by atoms with van der Waals surface area (Å²) in [5.41, 5.74) is 1.70. The van der Waals surface area contributed by atoms with Crippen molar-refractivity contribution in [2.75, 3.05) is 0 Å². The minimum Gasteiger partial charge on any atom is -0.305 e. The Bertz CT molecular complexity index is 1320. The maximum Gasteiger partial charge on any atom is 0.259 e. The number of nitriles is 1. The van der Waals surface area contributed by atoms with Crippen molar-refractivity contribution in [3.05, 3.63) is 80.0 Å². The molecule has 4 aromatic rings. The number of rotatable bonds is 3. The van der Waals surface area contributed by atoms with Crippen LogP contribution in [0.3, 0.4) is 0 Å². The number of nitrogens with zero attached hydrogens (tertiary/aromatic N) is 3. The first kappa shape index (κ1) is 18.2. The predicted octanol–water partition coefficient (Wildman–Crippen LogP) is 5.01. The van der Waals surface area contributed by atoms with Crippen LogP contribution in [0.25, 0.3) is 33.1 Å². The molecule has 0 aliphatic rings. The molecule has 136 valence electrons. The van der Waals surface area contributed by atoms with Crippen LogP contribution in [0.15, 0.2) is 57.1 Å².